The zero-order valence-electron chi connectivity index (χ0n) is 11.4. The van der Waals surface area contributed by atoms with E-state index >= 15 is 0 Å². The Bertz CT molecular complexity index is 626. The highest BCUT2D eigenvalue weighted by Crippen LogP contribution is 2.24. The van der Waals surface area contributed by atoms with Crippen molar-refractivity contribution >= 4 is 5.97 Å². The molecule has 1 aliphatic rings. The van der Waals surface area contributed by atoms with Crippen LogP contribution in [-0.4, -0.2) is 37.1 Å². The molecule has 0 aliphatic carbocycles. The summed E-state index contributed by atoms with van der Waals surface area (Å²) in [5.41, 5.74) is 3.59. The largest absolute Gasteiger partial charge is 0.480 e. The van der Waals surface area contributed by atoms with Crippen LogP contribution in [0.5, 0.6) is 0 Å². The number of carboxylic acid groups (broad SMARTS) is 1. The fraction of sp³-hybridized carbons (Fsp3) is 0.462. The molecule has 0 bridgehead atoms. The van der Waals surface area contributed by atoms with Crippen molar-refractivity contribution in [3.05, 3.63) is 34.7 Å². The first-order valence-corrected chi connectivity index (χ1v) is 6.46. The number of imidazole rings is 1. The monoisotopic (exact) mass is 276 g/mol. The normalized spacial score (nSPS) is 19.0. The lowest BCUT2D eigenvalue weighted by molar-refractivity contribution is -0.144. The van der Waals surface area contributed by atoms with Gasteiger partial charge in [-0.15, -0.1) is 0 Å². The van der Waals surface area contributed by atoms with Crippen molar-refractivity contribution in [1.82, 2.24) is 20.0 Å². The minimum absolute atomic E-state index is 0.414. The smallest absolute Gasteiger partial charge is 0.321 e. The van der Waals surface area contributed by atoms with E-state index in [1.54, 1.807) is 6.33 Å². The summed E-state index contributed by atoms with van der Waals surface area (Å²) < 4.78 is 5.14. The average Bonchev–Trinajstić information content (AvgIpc) is 2.98. The third-order valence-electron chi connectivity index (χ3n) is 3.82. The summed E-state index contributed by atoms with van der Waals surface area (Å²) in [5.74, 6) is -0.0903. The Morgan fingerprint density at radius 1 is 1.60 bits per heavy atom. The van der Waals surface area contributed by atoms with Crippen LogP contribution < -0.4 is 0 Å². The fourth-order valence-corrected chi connectivity index (χ4v) is 2.63. The molecule has 3 rings (SSSR count). The number of hydrogen-bond acceptors (Lipinski definition) is 5. The second kappa shape index (κ2) is 4.75. The Labute approximate surface area is 115 Å². The summed E-state index contributed by atoms with van der Waals surface area (Å²) in [6, 6.07) is -0.570. The van der Waals surface area contributed by atoms with Crippen LogP contribution in [0.15, 0.2) is 10.9 Å². The molecule has 2 N–H and O–H groups in total. The lowest BCUT2D eigenvalue weighted by Crippen LogP contribution is -2.45. The second-order valence-electron chi connectivity index (χ2n) is 5.09. The summed E-state index contributed by atoms with van der Waals surface area (Å²) in [7, 11) is 0. The molecular formula is C13H16N4O3. The van der Waals surface area contributed by atoms with Gasteiger partial charge in [0.25, 0.3) is 0 Å². The molecular weight excluding hydrogens is 260 g/mol. The lowest BCUT2D eigenvalue weighted by Gasteiger charge is -2.32. The maximum absolute atomic E-state index is 11.5. The van der Waals surface area contributed by atoms with E-state index in [0.717, 1.165) is 28.4 Å². The molecule has 0 unspecified atom stereocenters. The van der Waals surface area contributed by atoms with Gasteiger partial charge in [-0.2, -0.15) is 0 Å². The quantitative estimate of drug-likeness (QED) is 0.869. The summed E-state index contributed by atoms with van der Waals surface area (Å²) in [6.45, 7) is 4.76. The molecule has 7 heteroatoms. The first-order valence-electron chi connectivity index (χ1n) is 6.46. The van der Waals surface area contributed by atoms with Crippen molar-refractivity contribution in [3.63, 3.8) is 0 Å². The van der Waals surface area contributed by atoms with Crippen LogP contribution in [0.2, 0.25) is 0 Å². The van der Waals surface area contributed by atoms with Gasteiger partial charge in [-0.05, 0) is 13.8 Å². The van der Waals surface area contributed by atoms with E-state index in [-0.39, 0.29) is 0 Å². The molecule has 2 aromatic rings. The molecule has 0 saturated heterocycles. The van der Waals surface area contributed by atoms with Gasteiger partial charge in [-0.3, -0.25) is 9.69 Å². The zero-order valence-corrected chi connectivity index (χ0v) is 11.4. The molecule has 2 aromatic heterocycles. The number of aliphatic carboxylic acids is 1. The average molecular weight is 276 g/mol. The Hall–Kier alpha value is -2.15. The maximum atomic E-state index is 11.5. The fourth-order valence-electron chi connectivity index (χ4n) is 2.63. The molecule has 0 spiro atoms. The van der Waals surface area contributed by atoms with Crippen molar-refractivity contribution < 1.29 is 14.4 Å². The first-order chi connectivity index (χ1) is 9.56. The molecule has 3 heterocycles. The number of hydrogen-bond donors (Lipinski definition) is 2. The number of H-pyrrole nitrogens is 1. The number of carboxylic acids is 1. The van der Waals surface area contributed by atoms with E-state index < -0.39 is 12.0 Å². The zero-order chi connectivity index (χ0) is 14.3. The predicted octanol–water partition coefficient (Wildman–Crippen LogP) is 1.03. The van der Waals surface area contributed by atoms with Gasteiger partial charge in [0.05, 0.1) is 23.4 Å². The number of nitrogens with zero attached hydrogens (tertiary/aromatic N) is 3. The topological polar surface area (TPSA) is 95.3 Å². The number of aryl methyl sites for hydroxylation is 2. The lowest BCUT2D eigenvalue weighted by atomic mass is 10.0. The van der Waals surface area contributed by atoms with E-state index in [1.807, 2.05) is 18.7 Å². The maximum Gasteiger partial charge on any atom is 0.321 e. The number of carbonyl (C=O) groups is 1. The molecule has 0 saturated carbocycles. The first kappa shape index (κ1) is 12.9. The van der Waals surface area contributed by atoms with Crippen LogP contribution in [0, 0.1) is 13.8 Å². The van der Waals surface area contributed by atoms with Crippen LogP contribution >= 0.6 is 0 Å². The second-order valence-corrected chi connectivity index (χ2v) is 5.09. The molecule has 1 atom stereocenters. The minimum atomic E-state index is -0.828. The molecule has 106 valence electrons. The van der Waals surface area contributed by atoms with Gasteiger partial charge in [-0.1, -0.05) is 5.16 Å². The summed E-state index contributed by atoms with van der Waals surface area (Å²) in [6.07, 6.45) is 2.03. The Kier molecular flexibility index (Phi) is 3.06. The molecule has 0 radical (unpaired) electrons. The van der Waals surface area contributed by atoms with Gasteiger partial charge >= 0.3 is 5.97 Å². The van der Waals surface area contributed by atoms with E-state index in [2.05, 4.69) is 15.1 Å². The van der Waals surface area contributed by atoms with Crippen LogP contribution in [0.25, 0.3) is 0 Å². The van der Waals surface area contributed by atoms with E-state index in [0.29, 0.717) is 19.5 Å². The molecule has 0 amide bonds. The van der Waals surface area contributed by atoms with Gasteiger partial charge in [-0.25, -0.2) is 4.98 Å². The molecule has 20 heavy (non-hydrogen) atoms. The molecule has 7 nitrogen and oxygen atoms in total. The SMILES string of the molecule is Cc1noc(C)c1CN1Cc2[nH]cnc2C[C@@H]1C(=O)O. The van der Waals surface area contributed by atoms with E-state index in [1.165, 1.54) is 0 Å². The van der Waals surface area contributed by atoms with Crippen LogP contribution in [0.3, 0.4) is 0 Å². The molecule has 1 aliphatic heterocycles. The summed E-state index contributed by atoms with van der Waals surface area (Å²) in [4.78, 5) is 20.6. The number of aromatic amines is 1. The minimum Gasteiger partial charge on any atom is -0.480 e. The number of nitrogens with one attached hydrogen (secondary N) is 1. The predicted molar refractivity (Wildman–Crippen MR) is 68.9 cm³/mol. The van der Waals surface area contributed by atoms with Crippen LogP contribution in [0.1, 0.15) is 28.4 Å². The van der Waals surface area contributed by atoms with Gasteiger partial charge in [0.15, 0.2) is 0 Å². The Morgan fingerprint density at radius 3 is 3.05 bits per heavy atom. The van der Waals surface area contributed by atoms with Crippen molar-refractivity contribution in [2.45, 2.75) is 39.4 Å². The highest BCUT2D eigenvalue weighted by Gasteiger charge is 2.33. The van der Waals surface area contributed by atoms with Crippen LogP contribution in [0.4, 0.5) is 0 Å². The van der Waals surface area contributed by atoms with Crippen molar-refractivity contribution in [1.29, 1.82) is 0 Å². The van der Waals surface area contributed by atoms with Gasteiger partial charge in [0.2, 0.25) is 0 Å². The number of aromatic nitrogens is 3. The highest BCUT2D eigenvalue weighted by molar-refractivity contribution is 5.74. The van der Waals surface area contributed by atoms with Gasteiger partial charge < -0.3 is 14.6 Å². The Morgan fingerprint density at radius 2 is 2.40 bits per heavy atom. The summed E-state index contributed by atoms with van der Waals surface area (Å²) in [5, 5.41) is 13.3. The van der Waals surface area contributed by atoms with Crippen molar-refractivity contribution in [2.24, 2.45) is 0 Å². The molecule has 0 aromatic carbocycles. The Balaban J connectivity index is 1.89. The highest BCUT2D eigenvalue weighted by atomic mass is 16.5. The van der Waals surface area contributed by atoms with Gasteiger partial charge in [0, 0.05) is 25.1 Å². The van der Waals surface area contributed by atoms with E-state index in [9.17, 15) is 9.90 Å². The molecule has 0 fully saturated rings. The third kappa shape index (κ3) is 2.09. The number of rotatable bonds is 3. The van der Waals surface area contributed by atoms with Gasteiger partial charge in [0.1, 0.15) is 11.8 Å². The number of fused-ring (bicyclic) bond motifs is 1. The standard InChI is InChI=1S/C13H16N4O3/c1-7-9(8(2)20-16-7)4-17-5-11-10(14-6-15-11)3-12(17)13(18)19/h6,12H,3-5H2,1-2H3,(H,14,15)(H,18,19)/t12-/m1/s1. The third-order valence-corrected chi connectivity index (χ3v) is 3.82. The van der Waals surface area contributed by atoms with Crippen LogP contribution in [-0.2, 0) is 24.3 Å². The van der Waals surface area contributed by atoms with Crippen molar-refractivity contribution in [3.8, 4) is 0 Å². The van der Waals surface area contributed by atoms with E-state index in [4.69, 9.17) is 4.52 Å². The summed E-state index contributed by atoms with van der Waals surface area (Å²) >= 11 is 0. The van der Waals surface area contributed by atoms with Crippen molar-refractivity contribution in [2.75, 3.05) is 0 Å².